The van der Waals surface area contributed by atoms with Crippen molar-refractivity contribution in [3.63, 3.8) is 0 Å². The van der Waals surface area contributed by atoms with Gasteiger partial charge in [0.15, 0.2) is 6.29 Å². The lowest BCUT2D eigenvalue weighted by molar-refractivity contribution is -0.0904. The van der Waals surface area contributed by atoms with Crippen LogP contribution in [0.3, 0.4) is 0 Å². The smallest absolute Gasteiger partial charge is 0.160 e. The van der Waals surface area contributed by atoms with Gasteiger partial charge in [-0.05, 0) is 12.0 Å². The van der Waals surface area contributed by atoms with Crippen molar-refractivity contribution in [1.82, 2.24) is 0 Å². The molecule has 0 aliphatic carbocycles. The molecule has 1 aromatic rings. The number of hydrogen-bond donors (Lipinski definition) is 0. The number of fused-ring (bicyclic) bond motifs is 1. The van der Waals surface area contributed by atoms with Crippen LogP contribution >= 0.6 is 0 Å². The average Bonchev–Trinajstić information content (AvgIpc) is 2.91. The standard InChI is InChI=1S/C14H20O2Si/c1-17(2,11-6-4-3-5-7-11)13-10-16-14-12(13)8-9-15-14/h3-7,12-14H,8-10H2,1-2H3/t12-,13?,14-/m1/s1. The quantitative estimate of drug-likeness (QED) is 0.748. The van der Waals surface area contributed by atoms with Gasteiger partial charge in [0.05, 0.1) is 21.3 Å². The van der Waals surface area contributed by atoms with E-state index >= 15 is 0 Å². The van der Waals surface area contributed by atoms with Crippen molar-refractivity contribution in [2.75, 3.05) is 13.2 Å². The van der Waals surface area contributed by atoms with Crippen molar-refractivity contribution in [2.45, 2.75) is 31.3 Å². The van der Waals surface area contributed by atoms with Crippen molar-refractivity contribution in [3.05, 3.63) is 30.3 Å². The Labute approximate surface area is 104 Å². The van der Waals surface area contributed by atoms with E-state index in [1.165, 1.54) is 6.42 Å². The molecule has 1 aromatic carbocycles. The van der Waals surface area contributed by atoms with Gasteiger partial charge in [-0.2, -0.15) is 0 Å². The third kappa shape index (κ3) is 1.86. The van der Waals surface area contributed by atoms with E-state index < -0.39 is 8.07 Å². The van der Waals surface area contributed by atoms with Gasteiger partial charge in [0, 0.05) is 5.92 Å². The van der Waals surface area contributed by atoms with Gasteiger partial charge in [-0.25, -0.2) is 0 Å². The van der Waals surface area contributed by atoms with Gasteiger partial charge in [0.2, 0.25) is 0 Å². The van der Waals surface area contributed by atoms with Crippen LogP contribution in [-0.4, -0.2) is 27.6 Å². The zero-order chi connectivity index (χ0) is 11.9. The Morgan fingerprint density at radius 1 is 1.12 bits per heavy atom. The Kier molecular flexibility index (Phi) is 2.85. The van der Waals surface area contributed by atoms with E-state index in [1.807, 2.05) is 0 Å². The molecule has 0 amide bonds. The number of ether oxygens (including phenoxy) is 2. The molecule has 0 saturated carbocycles. The lowest BCUT2D eigenvalue weighted by Crippen LogP contribution is -2.48. The van der Waals surface area contributed by atoms with Crippen molar-refractivity contribution in [1.29, 1.82) is 0 Å². The molecule has 2 aliphatic heterocycles. The predicted octanol–water partition coefficient (Wildman–Crippen LogP) is 2.37. The highest BCUT2D eigenvalue weighted by molar-refractivity contribution is 6.91. The molecule has 0 radical (unpaired) electrons. The highest BCUT2D eigenvalue weighted by Crippen LogP contribution is 2.44. The van der Waals surface area contributed by atoms with Crippen LogP contribution in [0.25, 0.3) is 0 Å². The molecule has 17 heavy (non-hydrogen) atoms. The maximum atomic E-state index is 5.81. The van der Waals surface area contributed by atoms with E-state index in [-0.39, 0.29) is 6.29 Å². The molecule has 2 nitrogen and oxygen atoms in total. The third-order valence-electron chi connectivity index (χ3n) is 4.48. The van der Waals surface area contributed by atoms with Crippen LogP contribution < -0.4 is 5.19 Å². The second-order valence-corrected chi connectivity index (χ2v) is 10.5. The van der Waals surface area contributed by atoms with E-state index in [1.54, 1.807) is 5.19 Å². The summed E-state index contributed by atoms with van der Waals surface area (Å²) in [6, 6.07) is 11.0. The van der Waals surface area contributed by atoms with E-state index in [9.17, 15) is 0 Å². The summed E-state index contributed by atoms with van der Waals surface area (Å²) in [5.41, 5.74) is 0.706. The van der Waals surface area contributed by atoms with Gasteiger partial charge >= 0.3 is 0 Å². The van der Waals surface area contributed by atoms with Gasteiger partial charge in [-0.3, -0.25) is 0 Å². The van der Waals surface area contributed by atoms with E-state index in [0.29, 0.717) is 11.5 Å². The molecule has 3 rings (SSSR count). The van der Waals surface area contributed by atoms with Crippen LogP contribution in [0.15, 0.2) is 30.3 Å². The molecule has 2 heterocycles. The number of hydrogen-bond acceptors (Lipinski definition) is 2. The molecule has 1 unspecified atom stereocenters. The van der Waals surface area contributed by atoms with Crippen LogP contribution in [0.5, 0.6) is 0 Å². The van der Waals surface area contributed by atoms with Crippen LogP contribution in [0.1, 0.15) is 6.42 Å². The number of rotatable bonds is 2. The maximum absolute atomic E-state index is 5.81. The second kappa shape index (κ2) is 4.23. The highest BCUT2D eigenvalue weighted by atomic mass is 28.3. The van der Waals surface area contributed by atoms with Crippen molar-refractivity contribution >= 4 is 13.3 Å². The monoisotopic (exact) mass is 248 g/mol. The molecule has 0 N–H and O–H groups in total. The Morgan fingerprint density at radius 2 is 1.88 bits per heavy atom. The minimum absolute atomic E-state index is 0.0930. The minimum atomic E-state index is -1.44. The normalized spacial score (nSPS) is 32.7. The fraction of sp³-hybridized carbons (Fsp3) is 0.571. The molecule has 0 aromatic heterocycles. The first-order chi connectivity index (χ1) is 8.19. The summed E-state index contributed by atoms with van der Waals surface area (Å²) in [6.45, 7) is 6.71. The zero-order valence-corrected chi connectivity index (χ0v) is 11.6. The minimum Gasteiger partial charge on any atom is -0.352 e. The van der Waals surface area contributed by atoms with Gasteiger partial charge in [0.25, 0.3) is 0 Å². The van der Waals surface area contributed by atoms with E-state index in [0.717, 1.165) is 13.2 Å². The Morgan fingerprint density at radius 3 is 2.65 bits per heavy atom. The molecular weight excluding hydrogens is 228 g/mol. The molecule has 2 saturated heterocycles. The molecule has 2 aliphatic rings. The number of benzene rings is 1. The summed E-state index contributed by atoms with van der Waals surface area (Å²) < 4.78 is 11.4. The SMILES string of the molecule is C[Si](C)(c1ccccc1)C1CO[C@H]2OCC[C@H]12. The molecule has 0 spiro atoms. The molecule has 3 heteroatoms. The highest BCUT2D eigenvalue weighted by Gasteiger charge is 2.49. The molecule has 2 fully saturated rings. The Balaban J connectivity index is 1.88. The van der Waals surface area contributed by atoms with E-state index in [4.69, 9.17) is 9.47 Å². The summed E-state index contributed by atoms with van der Waals surface area (Å²) >= 11 is 0. The largest absolute Gasteiger partial charge is 0.352 e. The molecule has 3 atom stereocenters. The van der Waals surface area contributed by atoms with E-state index in [2.05, 4.69) is 43.4 Å². The first kappa shape index (κ1) is 11.4. The van der Waals surface area contributed by atoms with Gasteiger partial charge in [-0.15, -0.1) is 0 Å². The summed E-state index contributed by atoms with van der Waals surface area (Å²) in [6.07, 6.45) is 1.27. The Bertz CT molecular complexity index is 390. The maximum Gasteiger partial charge on any atom is 0.160 e. The first-order valence-electron chi connectivity index (χ1n) is 6.48. The van der Waals surface area contributed by atoms with Gasteiger partial charge < -0.3 is 9.47 Å². The van der Waals surface area contributed by atoms with Crippen LogP contribution in [0.2, 0.25) is 18.6 Å². The van der Waals surface area contributed by atoms with Crippen molar-refractivity contribution in [3.8, 4) is 0 Å². The van der Waals surface area contributed by atoms with Crippen LogP contribution in [0, 0.1) is 5.92 Å². The summed E-state index contributed by atoms with van der Waals surface area (Å²) in [7, 11) is -1.44. The fourth-order valence-electron chi connectivity index (χ4n) is 3.29. The predicted molar refractivity (Wildman–Crippen MR) is 71.1 cm³/mol. The lowest BCUT2D eigenvalue weighted by Gasteiger charge is -2.32. The third-order valence-corrected chi connectivity index (χ3v) is 8.75. The zero-order valence-electron chi connectivity index (χ0n) is 10.6. The fourth-order valence-corrected chi connectivity index (χ4v) is 6.68. The topological polar surface area (TPSA) is 18.5 Å². The molecule has 92 valence electrons. The van der Waals surface area contributed by atoms with Crippen LogP contribution in [-0.2, 0) is 9.47 Å². The van der Waals surface area contributed by atoms with Gasteiger partial charge in [-0.1, -0.05) is 48.6 Å². The average molecular weight is 248 g/mol. The summed E-state index contributed by atoms with van der Waals surface area (Å²) in [5.74, 6) is 0.636. The molecule has 0 bridgehead atoms. The van der Waals surface area contributed by atoms with Crippen LogP contribution in [0.4, 0.5) is 0 Å². The Hall–Kier alpha value is -0.643. The summed E-state index contributed by atoms with van der Waals surface area (Å²) in [4.78, 5) is 0. The van der Waals surface area contributed by atoms with Crippen molar-refractivity contribution in [2.24, 2.45) is 5.92 Å². The van der Waals surface area contributed by atoms with Gasteiger partial charge in [0.1, 0.15) is 0 Å². The lowest BCUT2D eigenvalue weighted by atomic mass is 10.1. The summed E-state index contributed by atoms with van der Waals surface area (Å²) in [5, 5.41) is 1.54. The first-order valence-corrected chi connectivity index (χ1v) is 9.56. The molecular formula is C14H20O2Si. The second-order valence-electron chi connectivity index (χ2n) is 5.72. The van der Waals surface area contributed by atoms with Crippen molar-refractivity contribution < 1.29 is 9.47 Å².